The Balaban J connectivity index is 2.09. The van der Waals surface area contributed by atoms with Crippen molar-refractivity contribution < 1.29 is 4.90 Å². The van der Waals surface area contributed by atoms with Gasteiger partial charge >= 0.3 is 0 Å². The molecular formula is C13H19N2+. The van der Waals surface area contributed by atoms with Crippen molar-refractivity contribution in [2.45, 2.75) is 20.3 Å². The lowest BCUT2D eigenvalue weighted by atomic mass is 10.2. The summed E-state index contributed by atoms with van der Waals surface area (Å²) in [5.41, 5.74) is 2.68. The highest BCUT2D eigenvalue weighted by Crippen LogP contribution is 2.19. The molecule has 0 aromatic heterocycles. The van der Waals surface area contributed by atoms with Gasteiger partial charge in [-0.1, -0.05) is 25.1 Å². The number of rotatable bonds is 3. The minimum absolute atomic E-state index is 1.07. The molecule has 1 aliphatic rings. The smallest absolute Gasteiger partial charge is 0.161 e. The molecule has 1 aromatic carbocycles. The Labute approximate surface area is 91.8 Å². The molecular weight excluding hydrogens is 184 g/mol. The first-order chi connectivity index (χ1) is 7.31. The van der Waals surface area contributed by atoms with Gasteiger partial charge in [-0.3, -0.25) is 9.80 Å². The number of anilines is 1. The molecule has 0 saturated carbocycles. The Hall–Kier alpha value is -1.28. The summed E-state index contributed by atoms with van der Waals surface area (Å²) in [4.78, 5) is 3.88. The van der Waals surface area contributed by atoms with Crippen LogP contribution in [0.5, 0.6) is 0 Å². The van der Waals surface area contributed by atoms with Crippen LogP contribution in [0.4, 0.5) is 5.69 Å². The summed E-state index contributed by atoms with van der Waals surface area (Å²) in [5, 5.41) is 0. The van der Waals surface area contributed by atoms with Crippen molar-refractivity contribution in [3.8, 4) is 0 Å². The predicted molar refractivity (Wildman–Crippen MR) is 63.8 cm³/mol. The van der Waals surface area contributed by atoms with Gasteiger partial charge in [0.25, 0.3) is 0 Å². The maximum atomic E-state index is 2.33. The van der Waals surface area contributed by atoms with Crippen LogP contribution in [-0.2, 0) is 0 Å². The standard InChI is InChI=1S/C13H18N2/c1-3-8-14-9-10-15(11-14)13-7-5-4-6-12(13)2/h4-7,9-10H,3,8,11H2,1-2H3/p+1. The normalized spacial score (nSPS) is 19.9. The summed E-state index contributed by atoms with van der Waals surface area (Å²) in [6.07, 6.45) is 5.70. The number of hydrogen-bond donors (Lipinski definition) is 1. The van der Waals surface area contributed by atoms with E-state index >= 15 is 0 Å². The van der Waals surface area contributed by atoms with Gasteiger partial charge in [0, 0.05) is 5.69 Å². The van der Waals surface area contributed by atoms with E-state index in [1.807, 2.05) is 0 Å². The molecule has 0 spiro atoms. The second kappa shape index (κ2) is 4.49. The van der Waals surface area contributed by atoms with Crippen molar-refractivity contribution >= 4 is 5.69 Å². The molecule has 0 aliphatic carbocycles. The molecule has 2 heteroatoms. The third-order valence-electron chi connectivity index (χ3n) is 2.86. The third-order valence-corrected chi connectivity index (χ3v) is 2.86. The fourth-order valence-electron chi connectivity index (χ4n) is 2.05. The summed E-state index contributed by atoms with van der Waals surface area (Å²) < 4.78 is 0. The van der Waals surface area contributed by atoms with E-state index in [2.05, 4.69) is 55.4 Å². The maximum Gasteiger partial charge on any atom is 0.161 e. The Bertz CT molecular complexity index is 357. The van der Waals surface area contributed by atoms with Crippen LogP contribution < -0.4 is 9.80 Å². The van der Waals surface area contributed by atoms with Gasteiger partial charge in [0.05, 0.1) is 12.7 Å². The van der Waals surface area contributed by atoms with Gasteiger partial charge in [0.1, 0.15) is 6.20 Å². The molecule has 80 valence electrons. The van der Waals surface area contributed by atoms with Gasteiger partial charge in [0.15, 0.2) is 6.67 Å². The summed E-state index contributed by atoms with van der Waals surface area (Å²) in [6.45, 7) is 6.69. The van der Waals surface area contributed by atoms with Crippen LogP contribution in [0.15, 0.2) is 36.7 Å². The predicted octanol–water partition coefficient (Wildman–Crippen LogP) is 1.54. The van der Waals surface area contributed by atoms with Crippen molar-refractivity contribution in [3.63, 3.8) is 0 Å². The van der Waals surface area contributed by atoms with Crippen molar-refractivity contribution in [2.24, 2.45) is 0 Å². The number of nitrogens with zero attached hydrogens (tertiary/aromatic N) is 1. The summed E-state index contributed by atoms with van der Waals surface area (Å²) >= 11 is 0. The number of quaternary nitrogens is 1. The van der Waals surface area contributed by atoms with Crippen LogP contribution >= 0.6 is 0 Å². The molecule has 2 rings (SSSR count). The molecule has 1 heterocycles. The lowest BCUT2D eigenvalue weighted by molar-refractivity contribution is -0.840. The quantitative estimate of drug-likeness (QED) is 0.783. The average Bonchev–Trinajstić information content (AvgIpc) is 2.68. The first-order valence-corrected chi connectivity index (χ1v) is 5.66. The first kappa shape index (κ1) is 10.2. The molecule has 1 aliphatic heterocycles. The second-order valence-corrected chi connectivity index (χ2v) is 4.14. The summed E-state index contributed by atoms with van der Waals surface area (Å²) in [5.74, 6) is 0. The van der Waals surface area contributed by atoms with Gasteiger partial charge in [-0.2, -0.15) is 0 Å². The Morgan fingerprint density at radius 3 is 2.87 bits per heavy atom. The number of aryl methyl sites for hydroxylation is 1. The molecule has 2 nitrogen and oxygen atoms in total. The highest BCUT2D eigenvalue weighted by atomic mass is 15.3. The summed E-state index contributed by atoms with van der Waals surface area (Å²) in [6, 6.07) is 8.55. The number of hydrogen-bond acceptors (Lipinski definition) is 1. The highest BCUT2D eigenvalue weighted by molar-refractivity contribution is 5.55. The zero-order valence-corrected chi connectivity index (χ0v) is 9.53. The first-order valence-electron chi connectivity index (χ1n) is 5.66. The maximum absolute atomic E-state index is 2.33. The SMILES string of the molecule is CCC[NH+]1C=CN(c2ccccc2C)C1. The highest BCUT2D eigenvalue weighted by Gasteiger charge is 2.18. The van der Waals surface area contributed by atoms with E-state index in [4.69, 9.17) is 0 Å². The van der Waals surface area contributed by atoms with Crippen LogP contribution in [-0.4, -0.2) is 13.2 Å². The topological polar surface area (TPSA) is 7.68 Å². The van der Waals surface area contributed by atoms with Crippen LogP contribution in [0.3, 0.4) is 0 Å². The molecule has 1 N–H and O–H groups in total. The van der Waals surface area contributed by atoms with Crippen LogP contribution in [0.2, 0.25) is 0 Å². The van der Waals surface area contributed by atoms with E-state index < -0.39 is 0 Å². The minimum Gasteiger partial charge on any atom is -0.295 e. The largest absolute Gasteiger partial charge is 0.295 e. The van der Waals surface area contributed by atoms with Gasteiger partial charge in [0.2, 0.25) is 0 Å². The van der Waals surface area contributed by atoms with Gasteiger partial charge in [-0.05, 0) is 25.0 Å². The third kappa shape index (κ3) is 2.21. The van der Waals surface area contributed by atoms with E-state index in [1.165, 1.54) is 24.2 Å². The molecule has 1 unspecified atom stereocenters. The van der Waals surface area contributed by atoms with E-state index in [-0.39, 0.29) is 0 Å². The molecule has 1 atom stereocenters. The molecule has 0 amide bonds. The molecule has 1 aromatic rings. The van der Waals surface area contributed by atoms with Crippen molar-refractivity contribution in [1.82, 2.24) is 0 Å². The fraction of sp³-hybridized carbons (Fsp3) is 0.385. The van der Waals surface area contributed by atoms with E-state index in [9.17, 15) is 0 Å². The summed E-state index contributed by atoms with van der Waals surface area (Å²) in [7, 11) is 0. The molecule has 0 saturated heterocycles. The molecule has 0 fully saturated rings. The molecule has 15 heavy (non-hydrogen) atoms. The number of para-hydroxylation sites is 1. The van der Waals surface area contributed by atoms with Crippen molar-refractivity contribution in [2.75, 3.05) is 18.1 Å². The second-order valence-electron chi connectivity index (χ2n) is 4.14. The Morgan fingerprint density at radius 2 is 2.13 bits per heavy atom. The minimum atomic E-state index is 1.07. The Morgan fingerprint density at radius 1 is 1.33 bits per heavy atom. The monoisotopic (exact) mass is 203 g/mol. The Kier molecular flexibility index (Phi) is 3.07. The fourth-order valence-corrected chi connectivity index (χ4v) is 2.05. The van der Waals surface area contributed by atoms with Gasteiger partial charge in [-0.15, -0.1) is 0 Å². The zero-order valence-electron chi connectivity index (χ0n) is 9.53. The van der Waals surface area contributed by atoms with E-state index in [0.29, 0.717) is 0 Å². The van der Waals surface area contributed by atoms with Crippen LogP contribution in [0.25, 0.3) is 0 Å². The lowest BCUT2D eigenvalue weighted by Crippen LogP contribution is -3.07. The number of nitrogens with one attached hydrogen (secondary N) is 1. The average molecular weight is 203 g/mol. The van der Waals surface area contributed by atoms with Crippen molar-refractivity contribution in [3.05, 3.63) is 42.2 Å². The zero-order chi connectivity index (χ0) is 10.7. The van der Waals surface area contributed by atoms with E-state index in [1.54, 1.807) is 4.90 Å². The lowest BCUT2D eigenvalue weighted by Gasteiger charge is -2.18. The molecule has 0 radical (unpaired) electrons. The van der Waals surface area contributed by atoms with E-state index in [0.717, 1.165) is 6.67 Å². The molecule has 0 bridgehead atoms. The van der Waals surface area contributed by atoms with Gasteiger partial charge in [-0.25, -0.2) is 0 Å². The number of benzene rings is 1. The van der Waals surface area contributed by atoms with Crippen LogP contribution in [0.1, 0.15) is 18.9 Å². The van der Waals surface area contributed by atoms with Crippen LogP contribution in [0, 0.1) is 6.92 Å². The van der Waals surface area contributed by atoms with Crippen molar-refractivity contribution in [1.29, 1.82) is 0 Å². The van der Waals surface area contributed by atoms with Gasteiger partial charge < -0.3 is 0 Å².